The Morgan fingerprint density at radius 2 is 2.05 bits per heavy atom. The molecule has 1 aromatic rings. The van der Waals surface area contributed by atoms with Crippen LogP contribution in [0.2, 0.25) is 0 Å². The summed E-state index contributed by atoms with van der Waals surface area (Å²) in [6, 6.07) is 10.6. The lowest BCUT2D eigenvalue weighted by Gasteiger charge is -2.22. The molecule has 3 nitrogen and oxygen atoms in total. The number of benzene rings is 1. The molecule has 0 aromatic heterocycles. The zero-order chi connectivity index (χ0) is 15.1. The van der Waals surface area contributed by atoms with E-state index in [9.17, 15) is 5.11 Å². The summed E-state index contributed by atoms with van der Waals surface area (Å²) in [7, 11) is 0. The number of aliphatic hydroxyl groups excluding tert-OH is 1. The quantitative estimate of drug-likeness (QED) is 0.773. The van der Waals surface area contributed by atoms with Crippen molar-refractivity contribution in [2.75, 3.05) is 13.2 Å². The fourth-order valence-corrected chi connectivity index (χ4v) is 3.35. The Balaban J connectivity index is 1.61. The molecule has 1 aliphatic carbocycles. The van der Waals surface area contributed by atoms with Crippen molar-refractivity contribution in [3.8, 4) is 0 Å². The molecule has 0 amide bonds. The van der Waals surface area contributed by atoms with Crippen LogP contribution in [0.3, 0.4) is 0 Å². The molecule has 0 aliphatic heterocycles. The Kier molecular flexibility index (Phi) is 6.68. The van der Waals surface area contributed by atoms with Crippen LogP contribution in [0.25, 0.3) is 0 Å². The first kappa shape index (κ1) is 16.5. The Hall–Kier alpha value is -0.900. The maximum absolute atomic E-state index is 10.0. The second-order valence-corrected chi connectivity index (χ2v) is 6.27. The second-order valence-electron chi connectivity index (χ2n) is 6.27. The third-order valence-corrected chi connectivity index (χ3v) is 4.79. The van der Waals surface area contributed by atoms with Crippen LogP contribution in [0.15, 0.2) is 30.3 Å². The molecule has 4 atom stereocenters. The van der Waals surface area contributed by atoms with Gasteiger partial charge in [-0.15, -0.1) is 0 Å². The summed E-state index contributed by atoms with van der Waals surface area (Å²) in [6.07, 6.45) is 3.39. The molecule has 0 radical (unpaired) electrons. The summed E-state index contributed by atoms with van der Waals surface area (Å²) < 4.78 is 5.58. The second kappa shape index (κ2) is 8.52. The van der Waals surface area contributed by atoms with E-state index < -0.39 is 6.10 Å². The van der Waals surface area contributed by atoms with Gasteiger partial charge in [0.1, 0.15) is 0 Å². The standard InChI is InChI=1S/C18H29NO2/c1-3-16-9-10-18(14(16)2)19-11-17(20)13-21-12-15-7-5-4-6-8-15/h4-8,14,16-20H,3,9-13H2,1-2H3. The number of hydrogen-bond donors (Lipinski definition) is 2. The molecule has 1 aromatic carbocycles. The lowest BCUT2D eigenvalue weighted by Crippen LogP contribution is -2.39. The smallest absolute Gasteiger partial charge is 0.0897 e. The average Bonchev–Trinajstić information content (AvgIpc) is 2.86. The highest BCUT2D eigenvalue weighted by Gasteiger charge is 2.31. The van der Waals surface area contributed by atoms with Crippen molar-refractivity contribution in [3.05, 3.63) is 35.9 Å². The highest BCUT2D eigenvalue weighted by molar-refractivity contribution is 5.13. The Labute approximate surface area is 128 Å². The van der Waals surface area contributed by atoms with Crippen LogP contribution in [0.4, 0.5) is 0 Å². The first-order valence-corrected chi connectivity index (χ1v) is 8.23. The number of ether oxygens (including phenoxy) is 1. The minimum Gasteiger partial charge on any atom is -0.389 e. The van der Waals surface area contributed by atoms with E-state index in [1.165, 1.54) is 19.3 Å². The lowest BCUT2D eigenvalue weighted by molar-refractivity contribution is 0.0269. The van der Waals surface area contributed by atoms with E-state index in [0.29, 0.717) is 31.7 Å². The van der Waals surface area contributed by atoms with E-state index in [4.69, 9.17) is 4.74 Å². The summed E-state index contributed by atoms with van der Waals surface area (Å²) in [5.41, 5.74) is 1.15. The first-order chi connectivity index (χ1) is 10.2. The topological polar surface area (TPSA) is 41.5 Å². The van der Waals surface area contributed by atoms with E-state index in [-0.39, 0.29) is 0 Å². The molecule has 0 bridgehead atoms. The van der Waals surface area contributed by atoms with Crippen LogP contribution >= 0.6 is 0 Å². The van der Waals surface area contributed by atoms with Gasteiger partial charge in [-0.2, -0.15) is 0 Å². The van der Waals surface area contributed by atoms with Gasteiger partial charge in [-0.1, -0.05) is 50.6 Å². The van der Waals surface area contributed by atoms with Gasteiger partial charge in [-0.05, 0) is 30.2 Å². The molecule has 2 rings (SSSR count). The summed E-state index contributed by atoms with van der Waals surface area (Å²) >= 11 is 0. The van der Waals surface area contributed by atoms with Gasteiger partial charge in [0.05, 0.1) is 19.3 Å². The molecule has 4 unspecified atom stereocenters. The minimum absolute atomic E-state index is 0.389. The van der Waals surface area contributed by atoms with E-state index in [0.717, 1.165) is 11.5 Å². The summed E-state index contributed by atoms with van der Waals surface area (Å²) in [6.45, 7) is 6.18. The van der Waals surface area contributed by atoms with Crippen molar-refractivity contribution in [1.29, 1.82) is 0 Å². The zero-order valence-corrected chi connectivity index (χ0v) is 13.3. The Morgan fingerprint density at radius 1 is 1.29 bits per heavy atom. The molecule has 21 heavy (non-hydrogen) atoms. The fourth-order valence-electron chi connectivity index (χ4n) is 3.35. The van der Waals surface area contributed by atoms with E-state index >= 15 is 0 Å². The van der Waals surface area contributed by atoms with Crippen molar-refractivity contribution >= 4 is 0 Å². The molecule has 1 fully saturated rings. The van der Waals surface area contributed by atoms with Crippen LogP contribution in [-0.2, 0) is 11.3 Å². The third-order valence-electron chi connectivity index (χ3n) is 4.79. The summed E-state index contributed by atoms with van der Waals surface area (Å²) in [5.74, 6) is 1.56. The van der Waals surface area contributed by atoms with Crippen molar-refractivity contribution in [1.82, 2.24) is 5.32 Å². The molecule has 0 heterocycles. The number of rotatable bonds is 8. The Bertz CT molecular complexity index is 395. The van der Waals surface area contributed by atoms with Crippen molar-refractivity contribution in [2.45, 2.75) is 51.9 Å². The Morgan fingerprint density at radius 3 is 2.71 bits per heavy atom. The minimum atomic E-state index is -0.429. The van der Waals surface area contributed by atoms with Crippen molar-refractivity contribution < 1.29 is 9.84 Å². The average molecular weight is 291 g/mol. The molecule has 1 aliphatic rings. The number of aliphatic hydroxyl groups is 1. The van der Waals surface area contributed by atoms with Gasteiger partial charge >= 0.3 is 0 Å². The van der Waals surface area contributed by atoms with Crippen molar-refractivity contribution in [2.24, 2.45) is 11.8 Å². The third kappa shape index (κ3) is 5.10. The van der Waals surface area contributed by atoms with Crippen LogP contribution in [-0.4, -0.2) is 30.4 Å². The SMILES string of the molecule is CCC1CCC(NCC(O)COCc2ccccc2)C1C. The summed E-state index contributed by atoms with van der Waals surface area (Å²) in [4.78, 5) is 0. The molecule has 0 spiro atoms. The van der Waals surface area contributed by atoms with Crippen LogP contribution < -0.4 is 5.32 Å². The number of nitrogens with one attached hydrogen (secondary N) is 1. The van der Waals surface area contributed by atoms with Crippen LogP contribution in [0, 0.1) is 11.8 Å². The maximum atomic E-state index is 10.0. The molecular formula is C18H29NO2. The largest absolute Gasteiger partial charge is 0.389 e. The molecule has 2 N–H and O–H groups in total. The van der Waals surface area contributed by atoms with Gasteiger partial charge in [0, 0.05) is 12.6 Å². The number of hydrogen-bond acceptors (Lipinski definition) is 3. The molecule has 0 saturated heterocycles. The van der Waals surface area contributed by atoms with Gasteiger partial charge in [0.15, 0.2) is 0 Å². The molecule has 3 heteroatoms. The predicted molar refractivity (Wildman–Crippen MR) is 86.1 cm³/mol. The van der Waals surface area contributed by atoms with E-state index in [1.54, 1.807) is 0 Å². The lowest BCUT2D eigenvalue weighted by atomic mass is 9.93. The van der Waals surface area contributed by atoms with Crippen LogP contribution in [0.5, 0.6) is 0 Å². The molecule has 118 valence electrons. The monoisotopic (exact) mass is 291 g/mol. The fraction of sp³-hybridized carbons (Fsp3) is 0.667. The summed E-state index contributed by atoms with van der Waals surface area (Å²) in [5, 5.41) is 13.5. The highest BCUT2D eigenvalue weighted by atomic mass is 16.5. The van der Waals surface area contributed by atoms with E-state index in [1.807, 2.05) is 30.3 Å². The molecular weight excluding hydrogens is 262 g/mol. The highest BCUT2D eigenvalue weighted by Crippen LogP contribution is 2.33. The normalized spacial score (nSPS) is 26.9. The van der Waals surface area contributed by atoms with Gasteiger partial charge in [-0.25, -0.2) is 0 Å². The predicted octanol–water partition coefficient (Wildman–Crippen LogP) is 2.98. The van der Waals surface area contributed by atoms with Gasteiger partial charge in [0.25, 0.3) is 0 Å². The van der Waals surface area contributed by atoms with Crippen LogP contribution in [0.1, 0.15) is 38.7 Å². The van der Waals surface area contributed by atoms with Gasteiger partial charge in [-0.3, -0.25) is 0 Å². The van der Waals surface area contributed by atoms with Crippen molar-refractivity contribution in [3.63, 3.8) is 0 Å². The zero-order valence-electron chi connectivity index (χ0n) is 13.3. The molecule has 1 saturated carbocycles. The maximum Gasteiger partial charge on any atom is 0.0897 e. The van der Waals surface area contributed by atoms with E-state index in [2.05, 4.69) is 19.2 Å². The first-order valence-electron chi connectivity index (χ1n) is 8.23. The van der Waals surface area contributed by atoms with Gasteiger partial charge < -0.3 is 15.2 Å². The van der Waals surface area contributed by atoms with Gasteiger partial charge in [0.2, 0.25) is 0 Å².